The maximum absolute atomic E-state index is 5.68. The molecule has 0 atom stereocenters. The highest BCUT2D eigenvalue weighted by atomic mass is 16.5. The molecule has 0 aliphatic heterocycles. The monoisotopic (exact) mass is 327 g/mol. The highest BCUT2D eigenvalue weighted by Crippen LogP contribution is 2.16. The molecule has 0 saturated carbocycles. The van der Waals surface area contributed by atoms with Gasteiger partial charge in [-0.3, -0.25) is 4.99 Å². The Hall–Kier alpha value is -2.69. The summed E-state index contributed by atoms with van der Waals surface area (Å²) in [6.07, 6.45) is 0. The Bertz CT molecular complexity index is 654. The summed E-state index contributed by atoms with van der Waals surface area (Å²) >= 11 is 0. The number of aryl methyl sites for hydroxylation is 1. The van der Waals surface area contributed by atoms with E-state index in [0.29, 0.717) is 13.2 Å². The normalized spacial score (nSPS) is 11.0. The molecule has 24 heavy (non-hydrogen) atoms. The number of ether oxygens (including phenoxy) is 2. The van der Waals surface area contributed by atoms with Crippen molar-refractivity contribution in [2.45, 2.75) is 13.5 Å². The van der Waals surface area contributed by atoms with Crippen molar-refractivity contribution in [2.75, 3.05) is 27.3 Å². The molecule has 0 unspecified atom stereocenters. The predicted octanol–water partition coefficient (Wildman–Crippen LogP) is 2.75. The largest absolute Gasteiger partial charge is 0.497 e. The fourth-order valence-corrected chi connectivity index (χ4v) is 2.22. The topological polar surface area (TPSA) is 54.9 Å². The fourth-order valence-electron chi connectivity index (χ4n) is 2.22. The van der Waals surface area contributed by atoms with E-state index in [1.165, 1.54) is 11.1 Å². The average molecular weight is 327 g/mol. The Morgan fingerprint density at radius 1 is 1.00 bits per heavy atom. The lowest BCUT2D eigenvalue weighted by Crippen LogP contribution is -2.39. The molecule has 128 valence electrons. The summed E-state index contributed by atoms with van der Waals surface area (Å²) in [4.78, 5) is 4.22. The van der Waals surface area contributed by atoms with E-state index in [1.54, 1.807) is 14.2 Å². The summed E-state index contributed by atoms with van der Waals surface area (Å²) in [5.74, 6) is 2.40. The molecule has 0 spiro atoms. The minimum Gasteiger partial charge on any atom is -0.497 e. The van der Waals surface area contributed by atoms with Crippen LogP contribution < -0.4 is 20.1 Å². The Morgan fingerprint density at radius 3 is 2.38 bits per heavy atom. The van der Waals surface area contributed by atoms with E-state index in [9.17, 15) is 0 Å². The second kappa shape index (κ2) is 9.45. The first-order valence-electron chi connectivity index (χ1n) is 7.99. The van der Waals surface area contributed by atoms with Gasteiger partial charge < -0.3 is 20.1 Å². The van der Waals surface area contributed by atoms with Gasteiger partial charge in [0.1, 0.15) is 18.1 Å². The molecule has 0 aromatic heterocycles. The van der Waals surface area contributed by atoms with Crippen LogP contribution in [0.5, 0.6) is 11.5 Å². The molecule has 0 heterocycles. The van der Waals surface area contributed by atoms with E-state index >= 15 is 0 Å². The highest BCUT2D eigenvalue weighted by molar-refractivity contribution is 5.79. The first-order chi connectivity index (χ1) is 11.7. The zero-order chi connectivity index (χ0) is 17.2. The van der Waals surface area contributed by atoms with Crippen molar-refractivity contribution in [1.82, 2.24) is 10.6 Å². The van der Waals surface area contributed by atoms with Gasteiger partial charge in [0.05, 0.1) is 13.7 Å². The molecule has 2 N–H and O–H groups in total. The molecule has 0 radical (unpaired) electrons. The number of guanidine groups is 1. The number of benzene rings is 2. The van der Waals surface area contributed by atoms with Crippen molar-refractivity contribution in [2.24, 2.45) is 4.99 Å². The number of nitrogens with one attached hydrogen (secondary N) is 2. The Morgan fingerprint density at radius 2 is 1.71 bits per heavy atom. The van der Waals surface area contributed by atoms with Gasteiger partial charge in [-0.1, -0.05) is 24.3 Å². The lowest BCUT2D eigenvalue weighted by atomic mass is 10.1. The van der Waals surface area contributed by atoms with Gasteiger partial charge in [-0.15, -0.1) is 0 Å². The Labute approximate surface area is 143 Å². The highest BCUT2D eigenvalue weighted by Gasteiger charge is 2.01. The number of aliphatic imine (C=N–C) groups is 1. The van der Waals surface area contributed by atoms with Crippen molar-refractivity contribution in [3.8, 4) is 11.5 Å². The molecule has 0 aliphatic carbocycles. The molecule has 2 aromatic rings. The smallest absolute Gasteiger partial charge is 0.191 e. The second-order valence-electron chi connectivity index (χ2n) is 5.30. The summed E-state index contributed by atoms with van der Waals surface area (Å²) in [6.45, 7) is 4.07. The van der Waals surface area contributed by atoms with Crippen LogP contribution in [0.2, 0.25) is 0 Å². The molecule has 0 saturated heterocycles. The van der Waals surface area contributed by atoms with Crippen LogP contribution in [-0.2, 0) is 6.54 Å². The molecule has 2 aromatic carbocycles. The quantitative estimate of drug-likeness (QED) is 0.466. The van der Waals surface area contributed by atoms with E-state index < -0.39 is 0 Å². The predicted molar refractivity (Wildman–Crippen MR) is 97.9 cm³/mol. The van der Waals surface area contributed by atoms with Crippen LogP contribution in [0.15, 0.2) is 53.5 Å². The third-order valence-electron chi connectivity index (χ3n) is 3.65. The third kappa shape index (κ3) is 5.50. The average Bonchev–Trinajstić information content (AvgIpc) is 2.63. The molecule has 2 rings (SSSR count). The van der Waals surface area contributed by atoms with Gasteiger partial charge in [-0.25, -0.2) is 0 Å². The van der Waals surface area contributed by atoms with E-state index in [1.807, 2.05) is 36.4 Å². The first kappa shape index (κ1) is 17.7. The summed E-state index contributed by atoms with van der Waals surface area (Å²) < 4.78 is 10.8. The van der Waals surface area contributed by atoms with Crippen LogP contribution >= 0.6 is 0 Å². The number of rotatable bonds is 7. The van der Waals surface area contributed by atoms with Crippen LogP contribution in [0.1, 0.15) is 11.1 Å². The molecular formula is C19H25N3O2. The van der Waals surface area contributed by atoms with Crippen molar-refractivity contribution >= 4 is 5.96 Å². The van der Waals surface area contributed by atoms with Gasteiger partial charge in [0.25, 0.3) is 0 Å². The molecule has 5 nitrogen and oxygen atoms in total. The Kier molecular flexibility index (Phi) is 6.95. The van der Waals surface area contributed by atoms with Crippen LogP contribution in [0.25, 0.3) is 0 Å². The number of nitrogens with zero attached hydrogens (tertiary/aromatic N) is 1. The first-order valence-corrected chi connectivity index (χ1v) is 7.99. The summed E-state index contributed by atoms with van der Waals surface area (Å²) in [6, 6.07) is 15.9. The van der Waals surface area contributed by atoms with E-state index in [0.717, 1.165) is 24.0 Å². The Balaban J connectivity index is 1.70. The third-order valence-corrected chi connectivity index (χ3v) is 3.65. The van der Waals surface area contributed by atoms with E-state index in [4.69, 9.17) is 9.47 Å². The molecule has 5 heteroatoms. The zero-order valence-electron chi connectivity index (χ0n) is 14.5. The van der Waals surface area contributed by atoms with E-state index in [-0.39, 0.29) is 0 Å². The summed E-state index contributed by atoms with van der Waals surface area (Å²) in [5.41, 5.74) is 2.53. The summed E-state index contributed by atoms with van der Waals surface area (Å²) in [5, 5.41) is 6.55. The standard InChI is InChI=1S/C19H25N3O2/c1-15-6-4-5-7-16(15)14-22-19(20-2)21-12-13-24-18-10-8-17(23-3)9-11-18/h4-11H,12-14H2,1-3H3,(H2,20,21,22). The van der Waals surface area contributed by atoms with Gasteiger partial charge in [0.2, 0.25) is 0 Å². The van der Waals surface area contributed by atoms with Crippen molar-refractivity contribution in [3.63, 3.8) is 0 Å². The van der Waals surface area contributed by atoms with Crippen LogP contribution in [0, 0.1) is 6.92 Å². The fraction of sp³-hybridized carbons (Fsp3) is 0.316. The maximum atomic E-state index is 5.68. The number of hydrogen-bond acceptors (Lipinski definition) is 3. The van der Waals surface area contributed by atoms with Crippen LogP contribution in [0.3, 0.4) is 0 Å². The molecule has 0 fully saturated rings. The number of hydrogen-bond donors (Lipinski definition) is 2. The second-order valence-corrected chi connectivity index (χ2v) is 5.30. The van der Waals surface area contributed by atoms with Crippen LogP contribution in [-0.4, -0.2) is 33.3 Å². The van der Waals surface area contributed by atoms with E-state index in [2.05, 4.69) is 34.7 Å². The summed E-state index contributed by atoms with van der Waals surface area (Å²) in [7, 11) is 3.41. The van der Waals surface area contributed by atoms with Gasteiger partial charge in [-0.2, -0.15) is 0 Å². The molecule has 0 bridgehead atoms. The lowest BCUT2D eigenvalue weighted by molar-refractivity contribution is 0.321. The molecular weight excluding hydrogens is 302 g/mol. The van der Waals surface area contributed by atoms with Crippen molar-refractivity contribution < 1.29 is 9.47 Å². The van der Waals surface area contributed by atoms with Crippen molar-refractivity contribution in [3.05, 3.63) is 59.7 Å². The van der Waals surface area contributed by atoms with Crippen molar-refractivity contribution in [1.29, 1.82) is 0 Å². The van der Waals surface area contributed by atoms with Crippen LogP contribution in [0.4, 0.5) is 0 Å². The maximum Gasteiger partial charge on any atom is 0.191 e. The minimum absolute atomic E-state index is 0.553. The zero-order valence-corrected chi connectivity index (χ0v) is 14.5. The molecule has 0 amide bonds. The molecule has 0 aliphatic rings. The lowest BCUT2D eigenvalue weighted by Gasteiger charge is -2.13. The van der Waals surface area contributed by atoms with Gasteiger partial charge in [0.15, 0.2) is 5.96 Å². The van der Waals surface area contributed by atoms with Gasteiger partial charge >= 0.3 is 0 Å². The minimum atomic E-state index is 0.553. The van der Waals surface area contributed by atoms with Gasteiger partial charge in [-0.05, 0) is 42.3 Å². The van der Waals surface area contributed by atoms with Gasteiger partial charge in [0, 0.05) is 13.6 Å². The number of methoxy groups -OCH3 is 1. The SMILES string of the molecule is CN=C(NCCOc1ccc(OC)cc1)NCc1ccccc1C.